The van der Waals surface area contributed by atoms with Crippen LogP contribution >= 0.6 is 0 Å². The lowest BCUT2D eigenvalue weighted by Crippen LogP contribution is -2.42. The first-order chi connectivity index (χ1) is 8.14. The Kier molecular flexibility index (Phi) is 10.1. The van der Waals surface area contributed by atoms with E-state index in [1.807, 2.05) is 0 Å². The predicted octanol–water partition coefficient (Wildman–Crippen LogP) is 3.25. The first kappa shape index (κ1) is 17.1. The van der Waals surface area contributed by atoms with Crippen LogP contribution in [0.5, 0.6) is 0 Å². The number of rotatable bonds is 11. The van der Waals surface area contributed by atoms with Crippen LogP contribution < -0.4 is 0 Å². The van der Waals surface area contributed by atoms with Crippen molar-refractivity contribution in [3.8, 4) is 0 Å². The van der Waals surface area contributed by atoms with Crippen LogP contribution in [0.15, 0.2) is 0 Å². The van der Waals surface area contributed by atoms with Gasteiger partial charge in [-0.15, -0.1) is 0 Å². The third-order valence-electron chi connectivity index (χ3n) is 3.06. The van der Waals surface area contributed by atoms with E-state index in [1.165, 1.54) is 19.4 Å². The monoisotopic (exact) mass is 261 g/mol. The second kappa shape index (κ2) is 10.1. The fourth-order valence-electron chi connectivity index (χ4n) is 2.20. The van der Waals surface area contributed by atoms with Crippen LogP contribution in [0.25, 0.3) is 0 Å². The lowest BCUT2D eigenvalue weighted by molar-refractivity contribution is 0.181. The Hall–Kier alpha value is 0.0969. The lowest BCUT2D eigenvalue weighted by atomic mass is 10.4. The first-order valence-electron chi connectivity index (χ1n) is 7.10. The second-order valence-corrected chi connectivity index (χ2v) is 8.14. The van der Waals surface area contributed by atoms with E-state index >= 15 is 0 Å². The molecular weight excluding hydrogens is 230 g/mol. The van der Waals surface area contributed by atoms with Crippen molar-refractivity contribution >= 4 is 8.56 Å². The minimum absolute atomic E-state index is 0.783. The van der Waals surface area contributed by atoms with E-state index in [0.717, 1.165) is 31.8 Å². The molecule has 0 amide bonds. The molecule has 0 aromatic carbocycles. The van der Waals surface area contributed by atoms with E-state index in [-0.39, 0.29) is 0 Å². The van der Waals surface area contributed by atoms with Gasteiger partial charge in [-0.1, -0.05) is 13.8 Å². The molecule has 4 heteroatoms. The molecule has 0 aromatic rings. The summed E-state index contributed by atoms with van der Waals surface area (Å²) >= 11 is 0. The van der Waals surface area contributed by atoms with Crippen molar-refractivity contribution in [2.24, 2.45) is 0 Å². The van der Waals surface area contributed by atoms with Crippen LogP contribution in [0.1, 0.15) is 40.5 Å². The minimum atomic E-state index is -1.89. The predicted molar refractivity (Wildman–Crippen MR) is 76.7 cm³/mol. The summed E-state index contributed by atoms with van der Waals surface area (Å²) in [7, 11) is 0.309. The SMILES string of the molecule is CCCN(C)CCC[Si](CC)(OCC)OCC. The summed E-state index contributed by atoms with van der Waals surface area (Å²) in [5, 5.41) is 0. The van der Waals surface area contributed by atoms with Gasteiger partial charge in [-0.05, 0) is 58.9 Å². The zero-order valence-electron chi connectivity index (χ0n) is 12.4. The molecule has 0 heterocycles. The molecule has 0 aliphatic heterocycles. The van der Waals surface area contributed by atoms with Gasteiger partial charge in [-0.25, -0.2) is 0 Å². The van der Waals surface area contributed by atoms with E-state index < -0.39 is 8.56 Å². The minimum Gasteiger partial charge on any atom is -0.394 e. The Morgan fingerprint density at radius 1 is 0.941 bits per heavy atom. The molecule has 0 aliphatic rings. The smallest absolute Gasteiger partial charge is 0.337 e. The Morgan fingerprint density at radius 2 is 1.53 bits per heavy atom. The summed E-state index contributed by atoms with van der Waals surface area (Å²) in [5.74, 6) is 0. The highest BCUT2D eigenvalue weighted by molar-refractivity contribution is 6.67. The summed E-state index contributed by atoms with van der Waals surface area (Å²) in [5.41, 5.74) is 0. The van der Waals surface area contributed by atoms with Gasteiger partial charge < -0.3 is 13.8 Å². The van der Waals surface area contributed by atoms with Gasteiger partial charge in [0.05, 0.1) is 0 Å². The zero-order chi connectivity index (χ0) is 13.1. The van der Waals surface area contributed by atoms with Gasteiger partial charge in [-0.3, -0.25) is 0 Å². The molecule has 0 spiro atoms. The molecule has 0 rings (SSSR count). The van der Waals surface area contributed by atoms with Crippen LogP contribution in [-0.4, -0.2) is 46.8 Å². The maximum Gasteiger partial charge on any atom is 0.337 e. The van der Waals surface area contributed by atoms with Crippen LogP contribution in [0.2, 0.25) is 12.1 Å². The molecule has 104 valence electrons. The van der Waals surface area contributed by atoms with Gasteiger partial charge in [0, 0.05) is 13.2 Å². The largest absolute Gasteiger partial charge is 0.394 e. The summed E-state index contributed by atoms with van der Waals surface area (Å²) < 4.78 is 11.9. The van der Waals surface area contributed by atoms with Gasteiger partial charge in [0.1, 0.15) is 0 Å². The summed E-state index contributed by atoms with van der Waals surface area (Å²) in [6.45, 7) is 12.5. The number of nitrogens with zero attached hydrogens (tertiary/aromatic N) is 1. The highest BCUT2D eigenvalue weighted by atomic mass is 28.4. The van der Waals surface area contributed by atoms with Gasteiger partial charge in [-0.2, -0.15) is 0 Å². The topological polar surface area (TPSA) is 21.7 Å². The van der Waals surface area contributed by atoms with Crippen molar-refractivity contribution in [3.63, 3.8) is 0 Å². The Balaban J connectivity index is 4.05. The summed E-state index contributed by atoms with van der Waals surface area (Å²) in [6.07, 6.45) is 2.42. The Labute approximate surface area is 109 Å². The third-order valence-corrected chi connectivity index (χ3v) is 6.88. The Morgan fingerprint density at radius 3 is 1.94 bits per heavy atom. The molecule has 0 N–H and O–H groups in total. The van der Waals surface area contributed by atoms with Crippen molar-refractivity contribution in [3.05, 3.63) is 0 Å². The summed E-state index contributed by atoms with van der Waals surface area (Å²) in [6, 6.07) is 2.19. The molecule has 0 bridgehead atoms. The van der Waals surface area contributed by atoms with Crippen LogP contribution in [0.3, 0.4) is 0 Å². The van der Waals surface area contributed by atoms with Crippen LogP contribution in [-0.2, 0) is 8.85 Å². The molecule has 0 unspecified atom stereocenters. The molecule has 0 fully saturated rings. The number of hydrogen-bond donors (Lipinski definition) is 0. The van der Waals surface area contributed by atoms with Crippen molar-refractivity contribution < 1.29 is 8.85 Å². The Bertz CT molecular complexity index is 173. The van der Waals surface area contributed by atoms with Crippen molar-refractivity contribution in [2.75, 3.05) is 33.4 Å². The van der Waals surface area contributed by atoms with Gasteiger partial charge in [0.15, 0.2) is 0 Å². The molecule has 0 saturated carbocycles. The highest BCUT2D eigenvalue weighted by Gasteiger charge is 2.34. The van der Waals surface area contributed by atoms with E-state index in [0.29, 0.717) is 0 Å². The molecule has 0 aromatic heterocycles. The fraction of sp³-hybridized carbons (Fsp3) is 1.00. The van der Waals surface area contributed by atoms with Crippen LogP contribution in [0.4, 0.5) is 0 Å². The molecule has 17 heavy (non-hydrogen) atoms. The van der Waals surface area contributed by atoms with Gasteiger partial charge >= 0.3 is 8.56 Å². The normalized spacial score (nSPS) is 12.4. The van der Waals surface area contributed by atoms with Gasteiger partial charge in [0.2, 0.25) is 0 Å². The van der Waals surface area contributed by atoms with E-state index in [9.17, 15) is 0 Å². The first-order valence-corrected chi connectivity index (χ1v) is 9.33. The molecular formula is C13H31NO2Si. The quantitative estimate of drug-likeness (QED) is 0.533. The zero-order valence-corrected chi connectivity index (χ0v) is 13.4. The molecule has 0 aliphatic carbocycles. The standard InChI is InChI=1S/C13H31NO2Si/c1-6-11-14(5)12-10-13-17(9-4,15-7-2)16-8-3/h6-13H2,1-5H3. The van der Waals surface area contributed by atoms with Crippen molar-refractivity contribution in [2.45, 2.75) is 52.6 Å². The van der Waals surface area contributed by atoms with Crippen molar-refractivity contribution in [1.29, 1.82) is 0 Å². The van der Waals surface area contributed by atoms with E-state index in [2.05, 4.69) is 39.6 Å². The summed E-state index contributed by atoms with van der Waals surface area (Å²) in [4.78, 5) is 2.40. The maximum absolute atomic E-state index is 5.96. The average Bonchev–Trinajstić information content (AvgIpc) is 2.30. The molecule has 0 atom stereocenters. The van der Waals surface area contributed by atoms with Crippen molar-refractivity contribution in [1.82, 2.24) is 4.90 Å². The molecule has 0 saturated heterocycles. The lowest BCUT2D eigenvalue weighted by Gasteiger charge is -2.29. The average molecular weight is 261 g/mol. The highest BCUT2D eigenvalue weighted by Crippen LogP contribution is 2.21. The van der Waals surface area contributed by atoms with Gasteiger partial charge in [0.25, 0.3) is 0 Å². The fourth-order valence-corrected chi connectivity index (χ4v) is 5.09. The third kappa shape index (κ3) is 7.19. The maximum atomic E-state index is 5.96. The van der Waals surface area contributed by atoms with E-state index in [1.54, 1.807) is 0 Å². The molecule has 3 nitrogen and oxygen atoms in total. The molecule has 0 radical (unpaired) electrons. The van der Waals surface area contributed by atoms with Crippen LogP contribution in [0, 0.1) is 0 Å². The van der Waals surface area contributed by atoms with E-state index in [4.69, 9.17) is 8.85 Å². The second-order valence-electron chi connectivity index (χ2n) is 4.54. The number of hydrogen-bond acceptors (Lipinski definition) is 3.